The molecule has 26 heavy (non-hydrogen) atoms. The molecule has 0 bridgehead atoms. The largest absolute Gasteiger partial charge is 0.388 e. The van der Waals surface area contributed by atoms with Crippen molar-refractivity contribution in [3.8, 4) is 0 Å². The Hall–Kier alpha value is -1.77. The summed E-state index contributed by atoms with van der Waals surface area (Å²) >= 11 is 0. The van der Waals surface area contributed by atoms with Crippen LogP contribution in [0.3, 0.4) is 0 Å². The summed E-state index contributed by atoms with van der Waals surface area (Å²) in [6.07, 6.45) is -1.68. The van der Waals surface area contributed by atoms with Crippen LogP contribution in [0.25, 0.3) is 0 Å². The van der Waals surface area contributed by atoms with Gasteiger partial charge in [-0.3, -0.25) is 0 Å². The van der Waals surface area contributed by atoms with Gasteiger partial charge in [-0.2, -0.15) is 0 Å². The Morgan fingerprint density at radius 2 is 1.96 bits per heavy atom. The van der Waals surface area contributed by atoms with Crippen LogP contribution in [0.5, 0.6) is 0 Å². The third kappa shape index (κ3) is 5.12. The van der Waals surface area contributed by atoms with Crippen LogP contribution in [0.2, 0.25) is 0 Å². The Morgan fingerprint density at radius 3 is 2.65 bits per heavy atom. The highest BCUT2D eigenvalue weighted by molar-refractivity contribution is 5.74. The smallest absolute Gasteiger partial charge is 0.315 e. The predicted molar refractivity (Wildman–Crippen MR) is 92.0 cm³/mol. The van der Waals surface area contributed by atoms with E-state index >= 15 is 0 Å². The summed E-state index contributed by atoms with van der Waals surface area (Å²) in [5.41, 5.74) is 0.977. The minimum absolute atomic E-state index is 0.167. The second kappa shape index (κ2) is 8.28. The van der Waals surface area contributed by atoms with Crippen LogP contribution >= 0.6 is 0 Å². The lowest BCUT2D eigenvalue weighted by Crippen LogP contribution is -2.50. The first-order valence-corrected chi connectivity index (χ1v) is 8.91. The second-order valence-corrected chi connectivity index (χ2v) is 6.94. The normalized spacial score (nSPS) is 28.7. The van der Waals surface area contributed by atoms with E-state index < -0.39 is 24.2 Å². The van der Waals surface area contributed by atoms with Crippen LogP contribution in [0, 0.1) is 0 Å². The quantitative estimate of drug-likeness (QED) is 0.733. The van der Waals surface area contributed by atoms with Gasteiger partial charge in [-0.05, 0) is 5.56 Å². The number of hydrogen-bond donors (Lipinski definition) is 3. The Balaban J connectivity index is 1.41. The van der Waals surface area contributed by atoms with Gasteiger partial charge in [0.15, 0.2) is 0 Å². The van der Waals surface area contributed by atoms with Gasteiger partial charge in [-0.25, -0.2) is 13.6 Å². The van der Waals surface area contributed by atoms with E-state index in [4.69, 9.17) is 4.74 Å². The van der Waals surface area contributed by atoms with Crippen molar-refractivity contribution < 1.29 is 23.4 Å². The number of urea groups is 1. The second-order valence-electron chi connectivity index (χ2n) is 6.94. The zero-order chi connectivity index (χ0) is 18.6. The van der Waals surface area contributed by atoms with E-state index in [1.54, 1.807) is 0 Å². The lowest BCUT2D eigenvalue weighted by Gasteiger charge is -2.33. The number of ether oxygens (including phenoxy) is 1. The molecule has 2 amide bonds. The molecule has 2 aliphatic heterocycles. The predicted octanol–water partition coefficient (Wildman–Crippen LogP) is 1.35. The number of nitrogens with zero attached hydrogens (tertiary/aromatic N) is 1. The maximum Gasteiger partial charge on any atom is 0.315 e. The molecular formula is C18H25F2N3O3. The van der Waals surface area contributed by atoms with Crippen molar-refractivity contribution in [3.63, 3.8) is 0 Å². The Bertz CT molecular complexity index is 593. The number of likely N-dealkylation sites (tertiary alicyclic amines) is 1. The number of carbonyl (C=O) groups excluding carboxylic acids is 1. The molecular weight excluding hydrogens is 344 g/mol. The van der Waals surface area contributed by atoms with Crippen LogP contribution in [-0.4, -0.2) is 66.5 Å². The number of piperidine rings is 1. The van der Waals surface area contributed by atoms with Gasteiger partial charge in [-0.1, -0.05) is 30.3 Å². The van der Waals surface area contributed by atoms with Crippen molar-refractivity contribution in [2.24, 2.45) is 0 Å². The summed E-state index contributed by atoms with van der Waals surface area (Å²) in [4.78, 5) is 13.9. The number of rotatable bonds is 5. The molecule has 3 atom stereocenters. The SMILES string of the molecule is O=C(NCc1ccccc1)N[C@H]1CO[C@@H](CN2CCC(F)(F)CC2)[C@@H]1O. The molecule has 1 aromatic carbocycles. The van der Waals surface area contributed by atoms with Crippen LogP contribution in [0.15, 0.2) is 30.3 Å². The molecule has 1 aromatic rings. The van der Waals surface area contributed by atoms with E-state index in [1.807, 2.05) is 35.2 Å². The molecule has 2 saturated heterocycles. The average molecular weight is 369 g/mol. The summed E-state index contributed by atoms with van der Waals surface area (Å²) in [7, 11) is 0. The molecule has 0 unspecified atom stereocenters. The molecule has 0 aromatic heterocycles. The van der Waals surface area contributed by atoms with Gasteiger partial charge >= 0.3 is 6.03 Å². The van der Waals surface area contributed by atoms with Crippen LogP contribution < -0.4 is 10.6 Å². The molecule has 144 valence electrons. The van der Waals surface area contributed by atoms with Gasteiger partial charge in [0.2, 0.25) is 0 Å². The van der Waals surface area contributed by atoms with E-state index in [0.29, 0.717) is 13.1 Å². The van der Waals surface area contributed by atoms with Gasteiger partial charge in [0.25, 0.3) is 5.92 Å². The Morgan fingerprint density at radius 1 is 1.27 bits per heavy atom. The fourth-order valence-corrected chi connectivity index (χ4v) is 3.29. The molecule has 8 heteroatoms. The lowest BCUT2D eigenvalue weighted by molar-refractivity contribution is -0.0674. The van der Waals surface area contributed by atoms with Crippen LogP contribution in [0.4, 0.5) is 13.6 Å². The number of halogens is 2. The topological polar surface area (TPSA) is 73.8 Å². The van der Waals surface area contributed by atoms with Crippen LogP contribution in [0.1, 0.15) is 18.4 Å². The molecule has 2 aliphatic rings. The molecule has 0 spiro atoms. The fraction of sp³-hybridized carbons (Fsp3) is 0.611. The summed E-state index contributed by atoms with van der Waals surface area (Å²) in [6, 6.07) is 8.62. The first kappa shape index (κ1) is 19.0. The van der Waals surface area contributed by atoms with Gasteiger partial charge in [0.1, 0.15) is 6.10 Å². The average Bonchev–Trinajstić information content (AvgIpc) is 2.96. The van der Waals surface area contributed by atoms with E-state index in [1.165, 1.54) is 0 Å². The van der Waals surface area contributed by atoms with Crippen molar-refractivity contribution in [3.05, 3.63) is 35.9 Å². The molecule has 0 aliphatic carbocycles. The van der Waals surface area contributed by atoms with E-state index in [0.717, 1.165) is 5.56 Å². The molecule has 0 radical (unpaired) electrons. The van der Waals surface area contributed by atoms with Gasteiger partial charge in [-0.15, -0.1) is 0 Å². The Kier molecular flexibility index (Phi) is 6.05. The number of nitrogens with one attached hydrogen (secondary N) is 2. The molecule has 6 nitrogen and oxygen atoms in total. The third-order valence-electron chi connectivity index (χ3n) is 4.92. The van der Waals surface area contributed by atoms with Gasteiger partial charge in [0, 0.05) is 39.0 Å². The van der Waals surface area contributed by atoms with Crippen molar-refractivity contribution in [2.45, 2.75) is 43.6 Å². The monoisotopic (exact) mass is 369 g/mol. The number of aliphatic hydroxyl groups is 1. The minimum Gasteiger partial charge on any atom is -0.388 e. The highest BCUT2D eigenvalue weighted by atomic mass is 19.3. The van der Waals surface area contributed by atoms with Crippen LogP contribution in [-0.2, 0) is 11.3 Å². The van der Waals surface area contributed by atoms with E-state index in [9.17, 15) is 18.7 Å². The first-order chi connectivity index (χ1) is 12.4. The number of hydrogen-bond acceptors (Lipinski definition) is 4. The molecule has 3 N–H and O–H groups in total. The summed E-state index contributed by atoms with van der Waals surface area (Å²) < 4.78 is 32.0. The highest BCUT2D eigenvalue weighted by Gasteiger charge is 2.40. The van der Waals surface area contributed by atoms with E-state index in [-0.39, 0.29) is 38.6 Å². The maximum atomic E-state index is 13.2. The number of aliphatic hydroxyl groups excluding tert-OH is 1. The number of amides is 2. The number of alkyl halides is 2. The van der Waals surface area contributed by atoms with Crippen molar-refractivity contribution in [2.75, 3.05) is 26.2 Å². The summed E-state index contributed by atoms with van der Waals surface area (Å²) in [5, 5.41) is 15.8. The Labute approximate surface area is 151 Å². The standard InChI is InChI=1S/C18H25F2N3O3/c19-18(20)6-8-23(9-7-18)11-15-16(24)14(12-26-15)22-17(25)21-10-13-4-2-1-3-5-13/h1-5,14-16,24H,6-12H2,(H2,21,22,25)/t14-,15-,16+/m0/s1. The first-order valence-electron chi connectivity index (χ1n) is 8.91. The van der Waals surface area contributed by atoms with Crippen molar-refractivity contribution in [1.82, 2.24) is 15.5 Å². The lowest BCUT2D eigenvalue weighted by atomic mass is 10.0. The third-order valence-corrected chi connectivity index (χ3v) is 4.92. The zero-order valence-corrected chi connectivity index (χ0v) is 14.5. The fourth-order valence-electron chi connectivity index (χ4n) is 3.29. The number of carbonyl (C=O) groups is 1. The summed E-state index contributed by atoms with van der Waals surface area (Å²) in [6.45, 7) is 1.56. The van der Waals surface area contributed by atoms with Crippen molar-refractivity contribution >= 4 is 6.03 Å². The molecule has 2 fully saturated rings. The van der Waals surface area contributed by atoms with Gasteiger partial charge < -0.3 is 25.4 Å². The van der Waals surface area contributed by atoms with E-state index in [2.05, 4.69) is 10.6 Å². The maximum absolute atomic E-state index is 13.2. The van der Waals surface area contributed by atoms with Crippen molar-refractivity contribution in [1.29, 1.82) is 0 Å². The molecule has 2 heterocycles. The number of benzene rings is 1. The minimum atomic E-state index is -2.59. The zero-order valence-electron chi connectivity index (χ0n) is 14.5. The van der Waals surface area contributed by atoms with Gasteiger partial charge in [0.05, 0.1) is 18.8 Å². The highest BCUT2D eigenvalue weighted by Crippen LogP contribution is 2.28. The molecule has 0 saturated carbocycles. The molecule has 3 rings (SSSR count). The summed E-state index contributed by atoms with van der Waals surface area (Å²) in [5.74, 6) is -2.59.